The highest BCUT2D eigenvalue weighted by Gasteiger charge is 2.35. The molecule has 1 aliphatic rings. The van der Waals surface area contributed by atoms with E-state index in [9.17, 15) is 28.0 Å². The first-order chi connectivity index (χ1) is 14.7. The molecule has 2 aromatic carbocycles. The number of benzene rings is 2. The van der Waals surface area contributed by atoms with Crippen molar-refractivity contribution in [2.75, 3.05) is 18.5 Å². The van der Waals surface area contributed by atoms with E-state index in [0.29, 0.717) is 12.3 Å². The van der Waals surface area contributed by atoms with E-state index in [4.69, 9.17) is 4.74 Å². The molecule has 0 atom stereocenters. The highest BCUT2D eigenvalue weighted by Crippen LogP contribution is 2.25. The van der Waals surface area contributed by atoms with Crippen LogP contribution in [0.25, 0.3) is 0 Å². The van der Waals surface area contributed by atoms with Crippen molar-refractivity contribution >= 4 is 29.4 Å². The molecular formula is C22H20F2N2O5. The monoisotopic (exact) mass is 430 g/mol. The van der Waals surface area contributed by atoms with Crippen LogP contribution in [-0.2, 0) is 9.53 Å². The molecule has 162 valence electrons. The zero-order chi connectivity index (χ0) is 22.7. The van der Waals surface area contributed by atoms with Crippen LogP contribution in [0.15, 0.2) is 36.4 Å². The molecule has 0 saturated carbocycles. The summed E-state index contributed by atoms with van der Waals surface area (Å²) in [5.74, 6) is -4.40. The first-order valence-electron chi connectivity index (χ1n) is 9.59. The maximum atomic E-state index is 13.2. The average Bonchev–Trinajstić information content (AvgIpc) is 2.97. The lowest BCUT2D eigenvalue weighted by Crippen LogP contribution is -2.31. The molecule has 7 nitrogen and oxygen atoms in total. The standard InChI is InChI=1S/C22H20F2N2O5/c1-12(2)7-8-26-20(28)15-5-3-13(9-16(15)21(26)29)22(30)31-11-19(27)25-14-4-6-17(23)18(24)10-14/h3-6,9-10,12H,7-8,11H2,1-2H3,(H,25,27). The van der Waals surface area contributed by atoms with E-state index in [1.807, 2.05) is 13.8 Å². The van der Waals surface area contributed by atoms with Crippen molar-refractivity contribution in [1.29, 1.82) is 0 Å². The molecule has 0 aromatic heterocycles. The van der Waals surface area contributed by atoms with Crippen molar-refractivity contribution in [3.05, 3.63) is 64.7 Å². The molecule has 0 radical (unpaired) electrons. The van der Waals surface area contributed by atoms with E-state index in [1.54, 1.807) is 0 Å². The van der Waals surface area contributed by atoms with E-state index in [1.165, 1.54) is 18.2 Å². The molecule has 31 heavy (non-hydrogen) atoms. The smallest absolute Gasteiger partial charge is 0.338 e. The molecule has 3 amide bonds. The van der Waals surface area contributed by atoms with Crippen molar-refractivity contribution in [1.82, 2.24) is 4.90 Å². The van der Waals surface area contributed by atoms with Gasteiger partial charge in [0.2, 0.25) is 0 Å². The highest BCUT2D eigenvalue weighted by molar-refractivity contribution is 6.22. The molecule has 0 bridgehead atoms. The van der Waals surface area contributed by atoms with E-state index in [0.717, 1.165) is 23.1 Å². The van der Waals surface area contributed by atoms with Crippen LogP contribution >= 0.6 is 0 Å². The zero-order valence-corrected chi connectivity index (χ0v) is 16.9. The summed E-state index contributed by atoms with van der Waals surface area (Å²) < 4.78 is 31.0. The Morgan fingerprint density at radius 2 is 1.71 bits per heavy atom. The third kappa shape index (κ3) is 4.93. The van der Waals surface area contributed by atoms with E-state index >= 15 is 0 Å². The molecule has 0 unspecified atom stereocenters. The van der Waals surface area contributed by atoms with E-state index in [2.05, 4.69) is 5.32 Å². The molecular weight excluding hydrogens is 410 g/mol. The molecule has 0 aliphatic carbocycles. The number of carbonyl (C=O) groups is 4. The quantitative estimate of drug-likeness (QED) is 0.537. The summed E-state index contributed by atoms with van der Waals surface area (Å²) in [5.41, 5.74) is 0.324. The summed E-state index contributed by atoms with van der Waals surface area (Å²) in [4.78, 5) is 50.3. The predicted molar refractivity (Wildman–Crippen MR) is 107 cm³/mol. The van der Waals surface area contributed by atoms with Gasteiger partial charge >= 0.3 is 5.97 Å². The number of hydrogen-bond donors (Lipinski definition) is 1. The van der Waals surface area contributed by atoms with Crippen LogP contribution in [0.3, 0.4) is 0 Å². The average molecular weight is 430 g/mol. The third-order valence-corrected chi connectivity index (χ3v) is 4.67. The maximum absolute atomic E-state index is 13.2. The van der Waals surface area contributed by atoms with Gasteiger partial charge in [0.1, 0.15) is 0 Å². The summed E-state index contributed by atoms with van der Waals surface area (Å²) >= 11 is 0. The molecule has 9 heteroatoms. The number of halogens is 2. The SMILES string of the molecule is CC(C)CCN1C(=O)c2ccc(C(=O)OCC(=O)Nc3ccc(F)c(F)c3)cc2C1=O. The van der Waals surface area contributed by atoms with Gasteiger partial charge in [-0.3, -0.25) is 19.3 Å². The second kappa shape index (κ2) is 9.03. The minimum Gasteiger partial charge on any atom is -0.452 e. The highest BCUT2D eigenvalue weighted by atomic mass is 19.2. The Labute approximate surface area is 177 Å². The topological polar surface area (TPSA) is 92.8 Å². The number of carbonyl (C=O) groups excluding carboxylic acids is 4. The van der Waals surface area contributed by atoms with Crippen molar-refractivity contribution in [3.63, 3.8) is 0 Å². The first-order valence-corrected chi connectivity index (χ1v) is 9.59. The summed E-state index contributed by atoms with van der Waals surface area (Å²) in [7, 11) is 0. The van der Waals surface area contributed by atoms with Gasteiger partial charge in [0, 0.05) is 18.3 Å². The van der Waals surface area contributed by atoms with Gasteiger partial charge in [0.05, 0.1) is 16.7 Å². The van der Waals surface area contributed by atoms with Crippen molar-refractivity contribution in [2.24, 2.45) is 5.92 Å². The number of anilines is 1. The number of nitrogens with one attached hydrogen (secondary N) is 1. The van der Waals surface area contributed by atoms with Gasteiger partial charge in [-0.15, -0.1) is 0 Å². The van der Waals surface area contributed by atoms with Crippen LogP contribution in [0.5, 0.6) is 0 Å². The van der Waals surface area contributed by atoms with Gasteiger partial charge in [0.15, 0.2) is 18.2 Å². The summed E-state index contributed by atoms with van der Waals surface area (Å²) in [6.07, 6.45) is 0.660. The number of rotatable bonds is 7. The van der Waals surface area contributed by atoms with Crippen molar-refractivity contribution in [2.45, 2.75) is 20.3 Å². The van der Waals surface area contributed by atoms with Crippen molar-refractivity contribution in [3.8, 4) is 0 Å². The second-order valence-corrected chi connectivity index (χ2v) is 7.46. The van der Waals surface area contributed by atoms with Gasteiger partial charge in [-0.2, -0.15) is 0 Å². The van der Waals surface area contributed by atoms with Crippen LogP contribution in [0.1, 0.15) is 51.3 Å². The van der Waals surface area contributed by atoms with Crippen LogP contribution in [-0.4, -0.2) is 41.7 Å². The fourth-order valence-electron chi connectivity index (χ4n) is 2.99. The molecule has 1 heterocycles. The number of imide groups is 1. The Balaban J connectivity index is 1.62. The number of esters is 1. The molecule has 3 rings (SSSR count). The number of nitrogens with zero attached hydrogens (tertiary/aromatic N) is 1. The molecule has 2 aromatic rings. The summed E-state index contributed by atoms with van der Waals surface area (Å²) in [6, 6.07) is 6.79. The number of amides is 3. The van der Waals surface area contributed by atoms with Crippen LogP contribution in [0.2, 0.25) is 0 Å². The van der Waals surface area contributed by atoms with Crippen LogP contribution in [0.4, 0.5) is 14.5 Å². The van der Waals surface area contributed by atoms with E-state index in [-0.39, 0.29) is 28.9 Å². The van der Waals surface area contributed by atoms with Crippen molar-refractivity contribution < 1.29 is 32.7 Å². The zero-order valence-electron chi connectivity index (χ0n) is 16.9. The Morgan fingerprint density at radius 1 is 1.00 bits per heavy atom. The lowest BCUT2D eigenvalue weighted by atomic mass is 10.1. The minimum absolute atomic E-state index is 0.00285. The molecule has 1 N–H and O–H groups in total. The Hall–Kier alpha value is -3.62. The van der Waals surface area contributed by atoms with Crippen LogP contribution in [0, 0.1) is 17.6 Å². The van der Waals surface area contributed by atoms with Gasteiger partial charge < -0.3 is 10.1 Å². The fraction of sp³-hybridized carbons (Fsp3) is 0.273. The normalized spacial score (nSPS) is 12.9. The summed E-state index contributed by atoms with van der Waals surface area (Å²) in [5, 5.41) is 2.27. The summed E-state index contributed by atoms with van der Waals surface area (Å²) in [6.45, 7) is 3.57. The predicted octanol–water partition coefficient (Wildman–Crippen LogP) is 3.40. The van der Waals surface area contributed by atoms with Gasteiger partial charge in [-0.25, -0.2) is 13.6 Å². The number of ether oxygens (including phenoxy) is 1. The molecule has 0 spiro atoms. The second-order valence-electron chi connectivity index (χ2n) is 7.46. The third-order valence-electron chi connectivity index (χ3n) is 4.67. The Kier molecular flexibility index (Phi) is 6.43. The van der Waals surface area contributed by atoms with Gasteiger partial charge in [0.25, 0.3) is 17.7 Å². The number of hydrogen-bond acceptors (Lipinski definition) is 5. The maximum Gasteiger partial charge on any atom is 0.338 e. The fourth-order valence-corrected chi connectivity index (χ4v) is 2.99. The van der Waals surface area contributed by atoms with E-state index < -0.39 is 41.9 Å². The lowest BCUT2D eigenvalue weighted by molar-refractivity contribution is -0.119. The first kappa shape index (κ1) is 22.1. The molecule has 0 fully saturated rings. The number of fused-ring (bicyclic) bond motifs is 1. The van der Waals surface area contributed by atoms with Crippen LogP contribution < -0.4 is 5.32 Å². The molecule has 1 aliphatic heterocycles. The van der Waals surface area contributed by atoms with Gasteiger partial charge in [-0.1, -0.05) is 13.8 Å². The van der Waals surface area contributed by atoms with Gasteiger partial charge in [-0.05, 0) is 42.7 Å². The minimum atomic E-state index is -1.13. The largest absolute Gasteiger partial charge is 0.452 e. The lowest BCUT2D eigenvalue weighted by Gasteiger charge is -2.14. The molecule has 0 saturated heterocycles. The Morgan fingerprint density at radius 3 is 2.39 bits per heavy atom. The Bertz CT molecular complexity index is 1070.